The average molecular weight is 501 g/mol. The summed E-state index contributed by atoms with van der Waals surface area (Å²) >= 11 is 0. The molecule has 2 aliphatic heterocycles. The highest BCUT2D eigenvalue weighted by molar-refractivity contribution is 5.93. The molecular formula is C26H28O10. The summed E-state index contributed by atoms with van der Waals surface area (Å²) < 4.78 is 39.0. The van der Waals surface area contributed by atoms with Crippen molar-refractivity contribution in [3.8, 4) is 17.2 Å². The molecule has 0 unspecified atom stereocenters. The van der Waals surface area contributed by atoms with E-state index in [0.717, 1.165) is 0 Å². The lowest BCUT2D eigenvalue weighted by Crippen LogP contribution is -2.36. The summed E-state index contributed by atoms with van der Waals surface area (Å²) in [7, 11) is 0. The van der Waals surface area contributed by atoms with Gasteiger partial charge in [-0.1, -0.05) is 12.1 Å². The first-order valence-electron chi connectivity index (χ1n) is 11.7. The second kappa shape index (κ2) is 11.4. The zero-order valence-corrected chi connectivity index (χ0v) is 20.3. The Morgan fingerprint density at radius 1 is 0.833 bits per heavy atom. The molecule has 0 spiro atoms. The summed E-state index contributed by atoms with van der Waals surface area (Å²) in [4.78, 5) is 37.0. The van der Waals surface area contributed by atoms with Gasteiger partial charge in [0.05, 0.1) is 32.0 Å². The van der Waals surface area contributed by atoms with Gasteiger partial charge < -0.3 is 33.2 Å². The molecule has 0 aromatic heterocycles. The van der Waals surface area contributed by atoms with Crippen LogP contribution in [0.4, 0.5) is 0 Å². The highest BCUT2D eigenvalue weighted by atomic mass is 16.7. The molecule has 0 radical (unpaired) electrons. The molecule has 2 fully saturated rings. The number of carbonyl (C=O) groups is 3. The maximum atomic E-state index is 12.9. The average Bonchev–Trinajstić information content (AvgIpc) is 3.42. The van der Waals surface area contributed by atoms with E-state index >= 15 is 0 Å². The van der Waals surface area contributed by atoms with Crippen LogP contribution >= 0.6 is 0 Å². The van der Waals surface area contributed by atoms with E-state index in [1.165, 1.54) is 19.1 Å². The van der Waals surface area contributed by atoms with E-state index in [-0.39, 0.29) is 30.1 Å². The van der Waals surface area contributed by atoms with Gasteiger partial charge in [-0.2, -0.15) is 0 Å². The maximum Gasteiger partial charge on any atom is 0.342 e. The van der Waals surface area contributed by atoms with Crippen molar-refractivity contribution in [1.29, 1.82) is 0 Å². The Morgan fingerprint density at radius 2 is 1.39 bits per heavy atom. The van der Waals surface area contributed by atoms with E-state index < -0.39 is 42.3 Å². The number of esters is 3. The molecule has 4 rings (SSSR count). The minimum Gasteiger partial charge on any atom is -0.494 e. The lowest BCUT2D eigenvalue weighted by molar-refractivity contribution is -0.131. The smallest absolute Gasteiger partial charge is 0.342 e. The second-order valence-electron chi connectivity index (χ2n) is 8.13. The van der Waals surface area contributed by atoms with Crippen molar-refractivity contribution in [1.82, 2.24) is 0 Å². The minimum absolute atomic E-state index is 0.0686. The van der Waals surface area contributed by atoms with Crippen LogP contribution < -0.4 is 14.2 Å². The van der Waals surface area contributed by atoms with Crippen LogP contribution in [0.2, 0.25) is 0 Å². The Balaban J connectivity index is 1.40. The molecule has 0 N–H and O–H groups in total. The van der Waals surface area contributed by atoms with Gasteiger partial charge in [-0.25, -0.2) is 9.59 Å². The molecule has 2 aromatic rings. The number of carbonyl (C=O) groups excluding carboxylic acids is 3. The zero-order chi connectivity index (χ0) is 25.7. The van der Waals surface area contributed by atoms with E-state index in [9.17, 15) is 14.4 Å². The number of rotatable bonds is 9. The summed E-state index contributed by atoms with van der Waals surface area (Å²) in [5.41, 5.74) is 0.382. The van der Waals surface area contributed by atoms with Gasteiger partial charge in [-0.15, -0.1) is 0 Å². The van der Waals surface area contributed by atoms with E-state index in [1.54, 1.807) is 30.3 Å². The van der Waals surface area contributed by atoms with Crippen molar-refractivity contribution >= 4 is 17.9 Å². The molecule has 192 valence electrons. The van der Waals surface area contributed by atoms with Crippen molar-refractivity contribution < 1.29 is 47.5 Å². The van der Waals surface area contributed by atoms with Crippen LogP contribution in [0.15, 0.2) is 42.5 Å². The topological polar surface area (TPSA) is 116 Å². The van der Waals surface area contributed by atoms with E-state index in [1.807, 2.05) is 13.8 Å². The highest BCUT2D eigenvalue weighted by Crippen LogP contribution is 2.33. The second-order valence-corrected chi connectivity index (χ2v) is 8.13. The Morgan fingerprint density at radius 3 is 1.94 bits per heavy atom. The molecular weight excluding hydrogens is 472 g/mol. The fraction of sp³-hybridized carbons (Fsp3) is 0.423. The van der Waals surface area contributed by atoms with Gasteiger partial charge in [-0.05, 0) is 38.1 Å². The molecule has 2 aromatic carbocycles. The molecule has 4 atom stereocenters. The lowest BCUT2D eigenvalue weighted by atomic mass is 10.1. The Bertz CT molecular complexity index is 1090. The molecule has 10 nitrogen and oxygen atoms in total. The molecule has 2 saturated heterocycles. The first-order valence-corrected chi connectivity index (χ1v) is 11.7. The Labute approximate surface area is 208 Å². The number of ether oxygens (including phenoxy) is 7. The van der Waals surface area contributed by atoms with Crippen molar-refractivity contribution in [2.75, 3.05) is 26.4 Å². The normalized spacial score (nSPS) is 22.4. The number of hydrogen-bond acceptors (Lipinski definition) is 10. The van der Waals surface area contributed by atoms with Crippen LogP contribution in [0, 0.1) is 0 Å². The predicted octanol–water partition coefficient (Wildman–Crippen LogP) is 2.96. The van der Waals surface area contributed by atoms with Crippen LogP contribution in [0.3, 0.4) is 0 Å². The van der Waals surface area contributed by atoms with Crippen LogP contribution in [0.5, 0.6) is 17.2 Å². The summed E-state index contributed by atoms with van der Waals surface area (Å²) in [6.07, 6.45) is -2.62. The van der Waals surface area contributed by atoms with Crippen LogP contribution in [0.25, 0.3) is 0 Å². The van der Waals surface area contributed by atoms with Gasteiger partial charge in [0.25, 0.3) is 0 Å². The maximum absolute atomic E-state index is 12.9. The summed E-state index contributed by atoms with van der Waals surface area (Å²) in [5.74, 6) is -0.718. The van der Waals surface area contributed by atoms with Crippen molar-refractivity contribution in [3.05, 3.63) is 53.6 Å². The summed E-state index contributed by atoms with van der Waals surface area (Å²) in [6.45, 7) is 5.96. The lowest BCUT2D eigenvalue weighted by Gasteiger charge is -2.18. The van der Waals surface area contributed by atoms with E-state index in [0.29, 0.717) is 24.7 Å². The highest BCUT2D eigenvalue weighted by Gasteiger charge is 2.51. The largest absolute Gasteiger partial charge is 0.494 e. The molecule has 2 aliphatic rings. The monoisotopic (exact) mass is 500 g/mol. The summed E-state index contributed by atoms with van der Waals surface area (Å²) in [6, 6.07) is 11.2. The quantitative estimate of drug-likeness (QED) is 0.376. The van der Waals surface area contributed by atoms with Crippen molar-refractivity contribution in [3.63, 3.8) is 0 Å². The van der Waals surface area contributed by atoms with Gasteiger partial charge in [0.1, 0.15) is 35.0 Å². The van der Waals surface area contributed by atoms with Gasteiger partial charge in [0.2, 0.25) is 0 Å². The third kappa shape index (κ3) is 5.77. The first-order chi connectivity index (χ1) is 17.4. The number of para-hydroxylation sites is 1. The third-order valence-electron chi connectivity index (χ3n) is 5.58. The van der Waals surface area contributed by atoms with Crippen molar-refractivity contribution in [2.24, 2.45) is 0 Å². The van der Waals surface area contributed by atoms with Gasteiger partial charge in [0, 0.05) is 13.0 Å². The molecule has 2 heterocycles. The SMILES string of the molecule is CCOc1cc(OCC)cc(C(=O)O[C@@H]2CO[C@H]3[C@@H]2OC[C@@H]3OC(=O)c2ccccc2OC(C)=O)c1. The molecule has 36 heavy (non-hydrogen) atoms. The standard InChI is InChI=1S/C26H28O10/c1-4-30-17-10-16(11-18(12-17)31-5-2)25(28)35-21-13-32-24-22(14-33-23(21)24)36-26(29)19-8-6-7-9-20(19)34-15(3)27/h6-12,21-24H,4-5,13-14H2,1-3H3/t21-,22+,23-,24-/m1/s1. The molecule has 0 saturated carbocycles. The van der Waals surface area contributed by atoms with Crippen LogP contribution in [-0.4, -0.2) is 68.8 Å². The fourth-order valence-electron chi connectivity index (χ4n) is 4.11. The molecule has 10 heteroatoms. The minimum atomic E-state index is -0.720. The molecule has 0 amide bonds. The zero-order valence-electron chi connectivity index (χ0n) is 20.3. The molecule has 0 bridgehead atoms. The predicted molar refractivity (Wildman–Crippen MR) is 124 cm³/mol. The van der Waals surface area contributed by atoms with Gasteiger partial charge in [0.15, 0.2) is 12.2 Å². The fourth-order valence-corrected chi connectivity index (χ4v) is 4.11. The van der Waals surface area contributed by atoms with Crippen molar-refractivity contribution in [2.45, 2.75) is 45.2 Å². The van der Waals surface area contributed by atoms with E-state index in [2.05, 4.69) is 0 Å². The van der Waals surface area contributed by atoms with Crippen LogP contribution in [0.1, 0.15) is 41.5 Å². The van der Waals surface area contributed by atoms with E-state index in [4.69, 9.17) is 33.2 Å². The Hall–Kier alpha value is -3.63. The first kappa shape index (κ1) is 25.5. The Kier molecular flexibility index (Phi) is 8.07. The number of hydrogen-bond donors (Lipinski definition) is 0. The third-order valence-corrected chi connectivity index (χ3v) is 5.58. The van der Waals surface area contributed by atoms with Gasteiger partial charge in [-0.3, -0.25) is 4.79 Å². The number of benzene rings is 2. The van der Waals surface area contributed by atoms with Crippen LogP contribution in [-0.2, 0) is 23.7 Å². The number of fused-ring (bicyclic) bond motifs is 1. The molecule has 0 aliphatic carbocycles. The van der Waals surface area contributed by atoms with Gasteiger partial charge >= 0.3 is 17.9 Å². The summed E-state index contributed by atoms with van der Waals surface area (Å²) in [5, 5.41) is 0.